The number of anilines is 1. The lowest BCUT2D eigenvalue weighted by Crippen LogP contribution is -2.33. The largest absolute Gasteiger partial charge is 0.464 e. The Morgan fingerprint density at radius 1 is 1.28 bits per heavy atom. The van der Waals surface area contributed by atoms with Crippen LogP contribution in [0.3, 0.4) is 0 Å². The van der Waals surface area contributed by atoms with Crippen LogP contribution in [0.15, 0.2) is 17.1 Å². The Balaban J connectivity index is 2.13. The summed E-state index contributed by atoms with van der Waals surface area (Å²) in [5.74, 6) is -5.35. The zero-order valence-electron chi connectivity index (χ0n) is 18.2. The number of H-pyrrole nitrogens is 1. The molecule has 0 unspecified atom stereocenters. The molecular weight excluding hydrogens is 511 g/mol. The highest BCUT2D eigenvalue weighted by molar-refractivity contribution is 6.06. The molecule has 0 saturated heterocycles. The number of halogens is 7. The van der Waals surface area contributed by atoms with Crippen LogP contribution in [0.2, 0.25) is 0 Å². The lowest BCUT2D eigenvalue weighted by molar-refractivity contribution is -0.190. The molecule has 1 amide bonds. The molecule has 3 rings (SSSR count). The van der Waals surface area contributed by atoms with Gasteiger partial charge in [0.25, 0.3) is 5.91 Å². The van der Waals surface area contributed by atoms with Crippen LogP contribution in [-0.4, -0.2) is 52.8 Å². The Hall–Kier alpha value is -3.96. The van der Waals surface area contributed by atoms with Crippen LogP contribution in [0.4, 0.5) is 36.4 Å². The van der Waals surface area contributed by atoms with E-state index in [0.29, 0.717) is 23.9 Å². The second kappa shape index (κ2) is 9.59. The lowest BCUT2D eigenvalue weighted by atomic mass is 10.2. The number of alkyl halides is 6. The van der Waals surface area contributed by atoms with Gasteiger partial charge >= 0.3 is 18.0 Å². The zero-order valence-corrected chi connectivity index (χ0v) is 18.2. The molecule has 0 fully saturated rings. The number of hydrogen-bond donors (Lipinski definition) is 3. The molecule has 0 saturated carbocycles. The van der Waals surface area contributed by atoms with E-state index in [4.69, 9.17) is 0 Å². The molecule has 0 bridgehead atoms. The van der Waals surface area contributed by atoms with Crippen molar-refractivity contribution in [2.45, 2.75) is 45.5 Å². The Bertz CT molecular complexity index is 1330. The van der Waals surface area contributed by atoms with E-state index in [1.54, 1.807) is 10.4 Å². The highest BCUT2D eigenvalue weighted by Gasteiger charge is 2.40. The Morgan fingerprint density at radius 2 is 1.94 bits per heavy atom. The van der Waals surface area contributed by atoms with Crippen molar-refractivity contribution in [3.63, 3.8) is 0 Å². The highest BCUT2D eigenvalue weighted by Crippen LogP contribution is 2.34. The van der Waals surface area contributed by atoms with E-state index in [0.717, 1.165) is 4.57 Å². The third-order valence-corrected chi connectivity index (χ3v) is 4.68. The smallest absolute Gasteiger partial charge is 0.434 e. The molecule has 0 aromatic carbocycles. The van der Waals surface area contributed by atoms with Gasteiger partial charge in [-0.05, 0) is 19.9 Å². The van der Waals surface area contributed by atoms with Gasteiger partial charge in [0, 0.05) is 6.54 Å². The third kappa shape index (κ3) is 5.16. The van der Waals surface area contributed by atoms with Gasteiger partial charge < -0.3 is 15.2 Å². The topological polar surface area (TPSA) is 140 Å². The normalized spacial score (nSPS) is 13.1. The number of pyridine rings is 1. The van der Waals surface area contributed by atoms with E-state index < -0.39 is 71.1 Å². The van der Waals surface area contributed by atoms with Crippen molar-refractivity contribution in [1.29, 1.82) is 0 Å². The molecule has 11 nitrogen and oxygen atoms in total. The summed E-state index contributed by atoms with van der Waals surface area (Å²) in [6.45, 7) is 1.26. The zero-order chi connectivity index (χ0) is 27.0. The number of aromatic nitrogens is 6. The van der Waals surface area contributed by atoms with Crippen LogP contribution >= 0.6 is 0 Å². The summed E-state index contributed by atoms with van der Waals surface area (Å²) in [6, 6.07) is 0.319. The van der Waals surface area contributed by atoms with Gasteiger partial charge in [-0.15, -0.1) is 5.10 Å². The van der Waals surface area contributed by atoms with Gasteiger partial charge in [0.05, 0.1) is 11.9 Å². The van der Waals surface area contributed by atoms with Gasteiger partial charge in [-0.2, -0.15) is 41.1 Å². The van der Waals surface area contributed by atoms with Crippen LogP contribution in [0, 0.1) is 5.82 Å². The van der Waals surface area contributed by atoms with Gasteiger partial charge in [-0.1, -0.05) is 0 Å². The summed E-state index contributed by atoms with van der Waals surface area (Å²) in [4.78, 5) is 28.7. The maximum Gasteiger partial charge on any atom is 0.434 e. The van der Waals surface area contributed by atoms with E-state index in [1.807, 2.05) is 0 Å². The van der Waals surface area contributed by atoms with E-state index in [1.165, 1.54) is 6.92 Å². The molecule has 1 atom stereocenters. The molecule has 0 spiro atoms. The fourth-order valence-electron chi connectivity index (χ4n) is 2.89. The first-order chi connectivity index (χ1) is 16.7. The summed E-state index contributed by atoms with van der Waals surface area (Å²) >= 11 is 0. The number of aliphatic hydroxyl groups excluding tert-OH is 1. The molecular formula is C18H16F7N7O4. The van der Waals surface area contributed by atoms with Crippen LogP contribution in [0.5, 0.6) is 5.88 Å². The van der Waals surface area contributed by atoms with Crippen LogP contribution in [0.25, 0.3) is 5.82 Å². The third-order valence-electron chi connectivity index (χ3n) is 4.68. The maximum atomic E-state index is 14.9. The molecule has 0 aliphatic rings. The van der Waals surface area contributed by atoms with Crippen molar-refractivity contribution < 1.29 is 45.4 Å². The minimum atomic E-state index is -4.99. The second-order valence-electron chi connectivity index (χ2n) is 7.07. The average Bonchev–Trinajstić information content (AvgIpc) is 3.37. The number of nitrogens with zero attached hydrogens (tertiary/aromatic N) is 5. The van der Waals surface area contributed by atoms with Gasteiger partial charge in [0.15, 0.2) is 29.3 Å². The molecule has 0 aliphatic carbocycles. The summed E-state index contributed by atoms with van der Waals surface area (Å²) in [6.07, 6.45) is -12.0. The number of nitrogens with one attached hydrogen (secondary N) is 2. The molecule has 196 valence electrons. The fourth-order valence-corrected chi connectivity index (χ4v) is 2.89. The quantitative estimate of drug-likeness (QED) is 0.401. The van der Waals surface area contributed by atoms with Gasteiger partial charge in [0.1, 0.15) is 12.2 Å². The summed E-state index contributed by atoms with van der Waals surface area (Å²) in [7, 11) is 0. The number of amides is 1. The summed E-state index contributed by atoms with van der Waals surface area (Å²) in [5, 5.41) is 19.5. The number of aliphatic hydroxyl groups is 1. The first kappa shape index (κ1) is 26.6. The minimum Gasteiger partial charge on any atom is -0.464 e. The van der Waals surface area contributed by atoms with E-state index in [2.05, 4.69) is 19.9 Å². The average molecular weight is 527 g/mol. The van der Waals surface area contributed by atoms with Crippen molar-refractivity contribution in [2.75, 3.05) is 5.32 Å². The number of aromatic amines is 1. The Labute approximate surface area is 195 Å². The van der Waals surface area contributed by atoms with Crippen molar-refractivity contribution >= 4 is 11.6 Å². The molecule has 36 heavy (non-hydrogen) atoms. The molecule has 18 heteroatoms. The van der Waals surface area contributed by atoms with Crippen molar-refractivity contribution in [1.82, 2.24) is 29.5 Å². The van der Waals surface area contributed by atoms with Crippen molar-refractivity contribution in [3.05, 3.63) is 45.6 Å². The van der Waals surface area contributed by atoms with Crippen LogP contribution in [0.1, 0.15) is 35.7 Å². The first-order valence-electron chi connectivity index (χ1n) is 9.84. The van der Waals surface area contributed by atoms with Gasteiger partial charge in [-0.3, -0.25) is 14.5 Å². The first-order valence-corrected chi connectivity index (χ1v) is 9.84. The van der Waals surface area contributed by atoms with Gasteiger partial charge in [0.2, 0.25) is 5.88 Å². The predicted molar refractivity (Wildman–Crippen MR) is 105 cm³/mol. The van der Waals surface area contributed by atoms with Crippen molar-refractivity contribution in [2.24, 2.45) is 0 Å². The maximum absolute atomic E-state index is 14.9. The predicted octanol–water partition coefficient (Wildman–Crippen LogP) is 2.40. The summed E-state index contributed by atoms with van der Waals surface area (Å²) in [5.41, 5.74) is -4.43. The van der Waals surface area contributed by atoms with Gasteiger partial charge in [-0.25, -0.2) is 9.18 Å². The van der Waals surface area contributed by atoms with E-state index >= 15 is 0 Å². The van der Waals surface area contributed by atoms with Crippen LogP contribution in [-0.2, 0) is 19.3 Å². The molecule has 0 aliphatic heterocycles. The van der Waals surface area contributed by atoms with Crippen LogP contribution < -0.4 is 15.7 Å². The number of hydrogen-bond acceptors (Lipinski definition) is 7. The molecule has 0 radical (unpaired) electrons. The molecule has 3 N–H and O–H groups in total. The number of ether oxygens (including phenoxy) is 1. The minimum absolute atomic E-state index is 0.0163. The Morgan fingerprint density at radius 3 is 2.47 bits per heavy atom. The second-order valence-corrected chi connectivity index (χ2v) is 7.07. The Kier molecular flexibility index (Phi) is 7.10. The molecule has 3 aromatic heterocycles. The number of rotatable bonds is 7. The lowest BCUT2D eigenvalue weighted by Gasteiger charge is -2.19. The highest BCUT2D eigenvalue weighted by atomic mass is 19.4. The number of carbonyl (C=O) groups excluding carboxylic acids is 1. The standard InChI is InChI=1S/C18H16F7N7O4/c1-3-31-11(6-33)30-32(16(31)35)13-9(19)4-8(15(28-13)36-7(2)17(20,21)22)14(34)27-10-5-26-29-12(10)18(23,24)25/h4-5,7,33H,3,6H2,1-2H3,(H,26,29)(H,27,34)/t7-/m0/s1. The number of carbonyl (C=O) groups is 1. The summed E-state index contributed by atoms with van der Waals surface area (Å²) < 4.78 is 99.3. The monoisotopic (exact) mass is 527 g/mol. The van der Waals surface area contributed by atoms with E-state index in [9.17, 15) is 45.4 Å². The SMILES string of the molecule is CCn1c(CO)nn(-c2nc(O[C@@H](C)C(F)(F)F)c(C(=O)Nc3cn[nH]c3C(F)(F)F)cc2F)c1=O. The fraction of sp³-hybridized carbons (Fsp3) is 0.389. The molecule has 3 heterocycles. The van der Waals surface area contributed by atoms with Crippen molar-refractivity contribution in [3.8, 4) is 11.7 Å². The molecule has 3 aromatic rings. The van der Waals surface area contributed by atoms with E-state index in [-0.39, 0.29) is 12.4 Å².